The fraction of sp³-hybridized carbons (Fsp3) is 0.444. The van der Waals surface area contributed by atoms with Gasteiger partial charge in [-0.25, -0.2) is 4.98 Å². The van der Waals surface area contributed by atoms with Crippen LogP contribution >= 0.6 is 35.3 Å². The fourth-order valence-corrected chi connectivity index (χ4v) is 3.41. The topological polar surface area (TPSA) is 49.3 Å². The summed E-state index contributed by atoms with van der Waals surface area (Å²) in [7, 11) is 1.80. The van der Waals surface area contributed by atoms with E-state index in [4.69, 9.17) is 0 Å². The highest BCUT2D eigenvalue weighted by Crippen LogP contribution is 2.15. The largest absolute Gasteiger partial charge is 0.356 e. The molecule has 0 radical (unpaired) electrons. The molecule has 1 aromatic carbocycles. The Morgan fingerprint density at radius 1 is 1.08 bits per heavy atom. The molecule has 2 rings (SSSR count). The molecule has 0 aliphatic carbocycles. The van der Waals surface area contributed by atoms with E-state index < -0.39 is 0 Å². The molecule has 0 saturated heterocycles. The SMILES string of the molecule is CN=C(NCCc1cc(C)cc(C)c1)NCc1nc(C)c(C)s1.I. The van der Waals surface area contributed by atoms with Gasteiger partial charge in [0.15, 0.2) is 5.96 Å². The minimum Gasteiger partial charge on any atom is -0.356 e. The van der Waals surface area contributed by atoms with E-state index in [0.717, 1.165) is 29.6 Å². The number of hydrogen-bond acceptors (Lipinski definition) is 3. The Balaban J connectivity index is 0.00000288. The number of aryl methyl sites for hydroxylation is 4. The average molecular weight is 458 g/mol. The molecule has 0 aliphatic rings. The highest BCUT2D eigenvalue weighted by atomic mass is 127. The van der Waals surface area contributed by atoms with E-state index in [-0.39, 0.29) is 24.0 Å². The van der Waals surface area contributed by atoms with Gasteiger partial charge in [-0.3, -0.25) is 4.99 Å². The lowest BCUT2D eigenvalue weighted by Gasteiger charge is -2.11. The standard InChI is InChI=1S/C18H26N4S.HI/c1-12-8-13(2)10-16(9-12)6-7-20-18(19-5)21-11-17-22-14(3)15(4)23-17;/h8-10H,6-7,11H2,1-5H3,(H2,19,20,21);1H. The zero-order valence-corrected chi connectivity index (χ0v) is 18.2. The highest BCUT2D eigenvalue weighted by molar-refractivity contribution is 14.0. The van der Waals surface area contributed by atoms with Crippen LogP contribution in [0.3, 0.4) is 0 Å². The van der Waals surface area contributed by atoms with Crippen LogP contribution in [0.5, 0.6) is 0 Å². The van der Waals surface area contributed by atoms with Gasteiger partial charge >= 0.3 is 0 Å². The second kappa shape index (κ2) is 9.98. The van der Waals surface area contributed by atoms with Gasteiger partial charge in [0.25, 0.3) is 0 Å². The fourth-order valence-electron chi connectivity index (χ4n) is 2.53. The van der Waals surface area contributed by atoms with Gasteiger partial charge < -0.3 is 10.6 Å². The van der Waals surface area contributed by atoms with Crippen LogP contribution in [0.25, 0.3) is 0 Å². The number of guanidine groups is 1. The Bertz CT molecular complexity index is 655. The molecule has 0 spiro atoms. The van der Waals surface area contributed by atoms with Gasteiger partial charge in [-0.1, -0.05) is 29.3 Å². The molecule has 132 valence electrons. The molecule has 24 heavy (non-hydrogen) atoms. The molecule has 0 saturated carbocycles. The number of rotatable bonds is 5. The second-order valence-electron chi connectivity index (χ2n) is 5.85. The molecule has 0 aliphatic heterocycles. The first-order valence-corrected chi connectivity index (χ1v) is 8.74. The van der Waals surface area contributed by atoms with E-state index >= 15 is 0 Å². The maximum absolute atomic E-state index is 4.54. The van der Waals surface area contributed by atoms with Gasteiger partial charge in [-0.05, 0) is 39.7 Å². The van der Waals surface area contributed by atoms with Crippen molar-refractivity contribution >= 4 is 41.3 Å². The summed E-state index contributed by atoms with van der Waals surface area (Å²) >= 11 is 1.73. The summed E-state index contributed by atoms with van der Waals surface area (Å²) in [4.78, 5) is 10.1. The van der Waals surface area contributed by atoms with Crippen molar-refractivity contribution in [3.05, 3.63) is 50.5 Å². The van der Waals surface area contributed by atoms with Crippen molar-refractivity contribution in [3.8, 4) is 0 Å². The van der Waals surface area contributed by atoms with Gasteiger partial charge in [-0.2, -0.15) is 0 Å². The Hall–Kier alpha value is -1.15. The van der Waals surface area contributed by atoms with Crippen molar-refractivity contribution in [1.82, 2.24) is 15.6 Å². The van der Waals surface area contributed by atoms with E-state index in [2.05, 4.69) is 59.6 Å². The van der Waals surface area contributed by atoms with Crippen LogP contribution in [-0.2, 0) is 13.0 Å². The lowest BCUT2D eigenvalue weighted by Crippen LogP contribution is -2.37. The molecule has 4 nitrogen and oxygen atoms in total. The van der Waals surface area contributed by atoms with Crippen molar-refractivity contribution in [1.29, 1.82) is 0 Å². The van der Waals surface area contributed by atoms with Crippen molar-refractivity contribution in [2.75, 3.05) is 13.6 Å². The normalized spacial score (nSPS) is 11.1. The molecule has 0 unspecified atom stereocenters. The average Bonchev–Trinajstić information content (AvgIpc) is 2.80. The van der Waals surface area contributed by atoms with E-state index in [1.807, 2.05) is 6.92 Å². The highest BCUT2D eigenvalue weighted by Gasteiger charge is 2.05. The van der Waals surface area contributed by atoms with Crippen LogP contribution in [0.4, 0.5) is 0 Å². The molecule has 2 N–H and O–H groups in total. The van der Waals surface area contributed by atoms with Crippen molar-refractivity contribution in [2.45, 2.75) is 40.7 Å². The number of hydrogen-bond donors (Lipinski definition) is 2. The Morgan fingerprint density at radius 3 is 2.29 bits per heavy atom. The van der Waals surface area contributed by atoms with Gasteiger partial charge in [0.2, 0.25) is 0 Å². The third-order valence-electron chi connectivity index (χ3n) is 3.69. The molecule has 1 aromatic heterocycles. The lowest BCUT2D eigenvalue weighted by molar-refractivity contribution is 0.790. The van der Waals surface area contributed by atoms with Gasteiger partial charge in [-0.15, -0.1) is 35.3 Å². The van der Waals surface area contributed by atoms with Crippen LogP contribution in [0.15, 0.2) is 23.2 Å². The van der Waals surface area contributed by atoms with Crippen LogP contribution in [0, 0.1) is 27.7 Å². The molecule has 2 aromatic rings. The van der Waals surface area contributed by atoms with Crippen LogP contribution < -0.4 is 10.6 Å². The van der Waals surface area contributed by atoms with Gasteiger partial charge in [0.1, 0.15) is 5.01 Å². The summed E-state index contributed by atoms with van der Waals surface area (Å²) < 4.78 is 0. The van der Waals surface area contributed by atoms with Gasteiger partial charge in [0, 0.05) is 18.5 Å². The molecule has 0 atom stereocenters. The van der Waals surface area contributed by atoms with Gasteiger partial charge in [0.05, 0.1) is 12.2 Å². The van der Waals surface area contributed by atoms with E-state index in [9.17, 15) is 0 Å². The maximum Gasteiger partial charge on any atom is 0.191 e. The number of thiazole rings is 1. The molecular weight excluding hydrogens is 431 g/mol. The number of nitrogens with zero attached hydrogens (tertiary/aromatic N) is 2. The Labute approximate surface area is 166 Å². The smallest absolute Gasteiger partial charge is 0.191 e. The lowest BCUT2D eigenvalue weighted by atomic mass is 10.1. The van der Waals surface area contributed by atoms with E-state index in [1.165, 1.54) is 21.6 Å². The Morgan fingerprint density at radius 2 is 1.75 bits per heavy atom. The quantitative estimate of drug-likeness (QED) is 0.406. The minimum absolute atomic E-state index is 0. The second-order valence-corrected chi connectivity index (χ2v) is 7.14. The predicted molar refractivity (Wildman–Crippen MR) is 115 cm³/mol. The third kappa shape index (κ3) is 6.39. The first-order chi connectivity index (χ1) is 11.0. The van der Waals surface area contributed by atoms with E-state index in [0.29, 0.717) is 6.54 Å². The number of nitrogens with one attached hydrogen (secondary N) is 2. The first kappa shape index (κ1) is 20.9. The van der Waals surface area contributed by atoms with Crippen molar-refractivity contribution < 1.29 is 0 Å². The minimum atomic E-state index is 0. The summed E-state index contributed by atoms with van der Waals surface area (Å²) in [6.07, 6.45) is 0.985. The number of aromatic nitrogens is 1. The summed E-state index contributed by atoms with van der Waals surface area (Å²) in [5.41, 5.74) is 5.11. The summed E-state index contributed by atoms with van der Waals surface area (Å²) in [5.74, 6) is 0.819. The van der Waals surface area contributed by atoms with Crippen molar-refractivity contribution in [3.63, 3.8) is 0 Å². The molecule has 6 heteroatoms. The van der Waals surface area contributed by atoms with Crippen molar-refractivity contribution in [2.24, 2.45) is 4.99 Å². The van der Waals surface area contributed by atoms with E-state index in [1.54, 1.807) is 18.4 Å². The predicted octanol–water partition coefficient (Wildman–Crippen LogP) is 3.90. The first-order valence-electron chi connectivity index (χ1n) is 7.92. The zero-order chi connectivity index (χ0) is 16.8. The maximum atomic E-state index is 4.54. The number of halogens is 1. The molecular formula is C18H27IN4S. The number of aliphatic imine (C=N–C) groups is 1. The van der Waals surface area contributed by atoms with Crippen LogP contribution in [0.1, 0.15) is 32.3 Å². The monoisotopic (exact) mass is 458 g/mol. The van der Waals surface area contributed by atoms with Crippen LogP contribution in [0.2, 0.25) is 0 Å². The summed E-state index contributed by atoms with van der Waals surface area (Å²) in [6.45, 7) is 10.0. The zero-order valence-electron chi connectivity index (χ0n) is 15.1. The summed E-state index contributed by atoms with van der Waals surface area (Å²) in [6, 6.07) is 6.69. The molecule has 1 heterocycles. The Kier molecular flexibility index (Phi) is 8.69. The van der Waals surface area contributed by atoms with Crippen LogP contribution in [-0.4, -0.2) is 24.5 Å². The molecule has 0 amide bonds. The molecule has 0 bridgehead atoms. The summed E-state index contributed by atoms with van der Waals surface area (Å²) in [5, 5.41) is 7.78. The molecule has 0 fully saturated rings. The third-order valence-corrected chi connectivity index (χ3v) is 4.76. The number of benzene rings is 1.